The Labute approximate surface area is 111 Å². The number of rotatable bonds is 0. The first-order valence-electron chi connectivity index (χ1n) is 6.23. The summed E-state index contributed by atoms with van der Waals surface area (Å²) in [5.74, 6) is 0. The summed E-state index contributed by atoms with van der Waals surface area (Å²) in [6.07, 6.45) is 0. The van der Waals surface area contributed by atoms with Gasteiger partial charge in [-0.3, -0.25) is 0 Å². The smallest absolute Gasteiger partial charge is 0.178 e. The molecule has 3 rings (SSSR count). The number of aromatic nitrogens is 1. The lowest BCUT2D eigenvalue weighted by Crippen LogP contribution is -2.51. The van der Waals surface area contributed by atoms with Crippen LogP contribution in [0.4, 0.5) is 0 Å². The van der Waals surface area contributed by atoms with Crippen molar-refractivity contribution in [2.45, 2.75) is 26.3 Å². The maximum Gasteiger partial charge on any atom is 0.302 e. The van der Waals surface area contributed by atoms with Crippen LogP contribution in [-0.4, -0.2) is 0 Å². The molecule has 0 aliphatic carbocycles. The first-order valence-corrected chi connectivity index (χ1v) is 7.05. The molecule has 90 valence electrons. The van der Waals surface area contributed by atoms with Crippen molar-refractivity contribution < 1.29 is 4.57 Å². The largest absolute Gasteiger partial charge is 0.302 e. The second-order valence-corrected chi connectivity index (χ2v) is 6.63. The second kappa shape index (κ2) is 3.99. The third-order valence-electron chi connectivity index (χ3n) is 3.10. The van der Waals surface area contributed by atoms with E-state index in [-0.39, 0.29) is 5.54 Å². The van der Waals surface area contributed by atoms with E-state index in [4.69, 9.17) is 0 Å². The zero-order chi connectivity index (χ0) is 12.8. The summed E-state index contributed by atoms with van der Waals surface area (Å²) in [4.78, 5) is 0. The van der Waals surface area contributed by atoms with Crippen molar-refractivity contribution in [3.63, 3.8) is 0 Å². The zero-order valence-electron chi connectivity index (χ0n) is 11.0. The maximum absolute atomic E-state index is 2.44. The van der Waals surface area contributed by atoms with E-state index in [1.54, 1.807) is 0 Å². The number of nitrogens with zero attached hydrogens (tertiary/aromatic N) is 1. The number of benzene rings is 2. The number of hydrogen-bond acceptors (Lipinski definition) is 0. The Balaban J connectivity index is 2.58. The van der Waals surface area contributed by atoms with E-state index < -0.39 is 0 Å². The molecule has 3 aromatic rings. The van der Waals surface area contributed by atoms with Gasteiger partial charge in [0.15, 0.2) is 5.54 Å². The first-order chi connectivity index (χ1) is 8.57. The third-order valence-corrected chi connectivity index (χ3v) is 4.23. The molecular formula is C16H17NS+2. The Hall–Kier alpha value is -1.54. The van der Waals surface area contributed by atoms with Crippen molar-refractivity contribution in [3.8, 4) is 0 Å². The molecular weight excluding hydrogens is 238 g/mol. The molecule has 0 N–H and O–H groups in total. The van der Waals surface area contributed by atoms with Crippen molar-refractivity contribution in [2.75, 3.05) is 0 Å². The fraction of sp³-hybridized carbons (Fsp3) is 0.250. The van der Waals surface area contributed by atoms with Crippen LogP contribution in [0.1, 0.15) is 20.8 Å². The maximum atomic E-state index is 2.44. The molecule has 0 radical (unpaired) electrons. The van der Waals surface area contributed by atoms with Crippen LogP contribution in [0.25, 0.3) is 20.4 Å². The summed E-state index contributed by atoms with van der Waals surface area (Å²) in [5.41, 5.74) is 2.70. The van der Waals surface area contributed by atoms with E-state index in [0.717, 1.165) is 0 Å². The Morgan fingerprint density at radius 2 is 1.22 bits per heavy atom. The van der Waals surface area contributed by atoms with Crippen LogP contribution in [0.2, 0.25) is 0 Å². The Bertz CT molecular complexity index is 672. The molecule has 2 heteroatoms. The van der Waals surface area contributed by atoms with Gasteiger partial charge < -0.3 is 0 Å². The summed E-state index contributed by atoms with van der Waals surface area (Å²) in [7, 11) is 0. The minimum absolute atomic E-state index is 0.0766. The molecule has 2 aromatic carbocycles. The molecule has 0 saturated heterocycles. The van der Waals surface area contributed by atoms with Crippen molar-refractivity contribution >= 4 is 31.8 Å². The molecule has 0 saturated carbocycles. The molecule has 0 fully saturated rings. The highest BCUT2D eigenvalue weighted by Crippen LogP contribution is 2.26. The quantitative estimate of drug-likeness (QED) is 0.319. The highest BCUT2D eigenvalue weighted by molar-refractivity contribution is 7.24. The molecule has 0 aliphatic heterocycles. The van der Waals surface area contributed by atoms with Crippen LogP contribution in [-0.2, 0) is 5.54 Å². The van der Waals surface area contributed by atoms with Crippen molar-refractivity contribution in [1.29, 1.82) is 0 Å². The zero-order valence-corrected chi connectivity index (χ0v) is 11.8. The van der Waals surface area contributed by atoms with Gasteiger partial charge in [0.25, 0.3) is 11.0 Å². The van der Waals surface area contributed by atoms with E-state index in [2.05, 4.69) is 73.9 Å². The highest BCUT2D eigenvalue weighted by Gasteiger charge is 2.32. The molecule has 1 nitrogen and oxygen atoms in total. The van der Waals surface area contributed by atoms with E-state index in [1.165, 1.54) is 20.4 Å². The van der Waals surface area contributed by atoms with Crippen LogP contribution in [0.3, 0.4) is 0 Å². The fourth-order valence-corrected chi connectivity index (χ4v) is 3.49. The standard InChI is InChI=1S/C16H17NS/c1-16(2,3)17-12-8-4-6-10-14(12)18-15-11-7-5-9-13(15)17/h4-11H,1-3H3/q+2. The van der Waals surface area contributed by atoms with Crippen molar-refractivity contribution in [1.82, 2.24) is 0 Å². The van der Waals surface area contributed by atoms with E-state index in [9.17, 15) is 0 Å². The van der Waals surface area contributed by atoms with Crippen LogP contribution in [0, 0.1) is 0 Å². The fourth-order valence-electron chi connectivity index (χ4n) is 2.43. The summed E-state index contributed by atoms with van der Waals surface area (Å²) < 4.78 is 5.12. The van der Waals surface area contributed by atoms with Crippen LogP contribution in [0.5, 0.6) is 0 Å². The van der Waals surface area contributed by atoms with Crippen molar-refractivity contribution in [2.24, 2.45) is 0 Å². The predicted molar refractivity (Wildman–Crippen MR) is 78.9 cm³/mol. The van der Waals surface area contributed by atoms with Gasteiger partial charge in [0, 0.05) is 45.0 Å². The topological polar surface area (TPSA) is 3.88 Å². The van der Waals surface area contributed by atoms with Crippen LogP contribution < -0.4 is 4.57 Å². The summed E-state index contributed by atoms with van der Waals surface area (Å²) >= 11 is 1.86. The van der Waals surface area contributed by atoms with E-state index in [1.807, 2.05) is 11.3 Å². The number of para-hydroxylation sites is 2. The Morgan fingerprint density at radius 3 is 1.67 bits per heavy atom. The molecule has 0 amide bonds. The SMILES string of the molecule is CC(C)(C)[n+]1c2ccccc2[s+]c2ccccc21. The molecule has 0 bridgehead atoms. The van der Waals surface area contributed by atoms with Gasteiger partial charge in [-0.2, -0.15) is 4.57 Å². The van der Waals surface area contributed by atoms with Crippen LogP contribution in [0.15, 0.2) is 48.5 Å². The van der Waals surface area contributed by atoms with E-state index >= 15 is 0 Å². The number of fused-ring (bicyclic) bond motifs is 2. The molecule has 0 aliphatic rings. The minimum atomic E-state index is 0.0766. The Morgan fingerprint density at radius 1 is 0.778 bits per heavy atom. The first kappa shape index (κ1) is 11.5. The van der Waals surface area contributed by atoms with Crippen molar-refractivity contribution in [3.05, 3.63) is 48.5 Å². The lowest BCUT2D eigenvalue weighted by molar-refractivity contribution is -0.706. The van der Waals surface area contributed by atoms with Gasteiger partial charge in [-0.15, -0.1) is 0 Å². The monoisotopic (exact) mass is 255 g/mol. The third kappa shape index (κ3) is 1.77. The highest BCUT2D eigenvalue weighted by atomic mass is 32.1. The van der Waals surface area contributed by atoms with Gasteiger partial charge in [0.05, 0.1) is 0 Å². The van der Waals surface area contributed by atoms with Crippen LogP contribution >= 0.6 is 11.3 Å². The lowest BCUT2D eigenvalue weighted by atomic mass is 10.1. The number of hydrogen-bond donors (Lipinski definition) is 0. The predicted octanol–water partition coefficient (Wildman–Crippen LogP) is 4.38. The average molecular weight is 255 g/mol. The van der Waals surface area contributed by atoms with Gasteiger partial charge in [0.2, 0.25) is 11.3 Å². The molecule has 0 atom stereocenters. The minimum Gasteiger partial charge on any atom is -0.178 e. The molecule has 1 aromatic heterocycles. The summed E-state index contributed by atoms with van der Waals surface area (Å²) in [6.45, 7) is 6.78. The molecule has 0 unspecified atom stereocenters. The van der Waals surface area contributed by atoms with Gasteiger partial charge >= 0.3 is 9.40 Å². The average Bonchev–Trinajstić information content (AvgIpc) is 2.34. The Kier molecular flexibility index (Phi) is 2.56. The normalized spacial score (nSPS) is 12.2. The molecule has 0 spiro atoms. The molecule has 1 heterocycles. The lowest BCUT2D eigenvalue weighted by Gasteiger charge is -2.14. The van der Waals surface area contributed by atoms with Gasteiger partial charge in [-0.05, 0) is 0 Å². The second-order valence-electron chi connectivity index (χ2n) is 5.54. The van der Waals surface area contributed by atoms with Gasteiger partial charge in [-0.1, -0.05) is 24.3 Å². The summed E-state index contributed by atoms with van der Waals surface area (Å²) in [5, 5.41) is 0. The van der Waals surface area contributed by atoms with Gasteiger partial charge in [0.1, 0.15) is 0 Å². The van der Waals surface area contributed by atoms with Gasteiger partial charge in [-0.25, -0.2) is 0 Å². The summed E-state index contributed by atoms with van der Waals surface area (Å²) in [6, 6.07) is 17.3. The van der Waals surface area contributed by atoms with E-state index in [0.29, 0.717) is 0 Å². The molecule has 18 heavy (non-hydrogen) atoms.